The number of hydrogen-bond donors (Lipinski definition) is 1. The summed E-state index contributed by atoms with van der Waals surface area (Å²) in [5.74, 6) is 0. The average molecular weight is 264 g/mol. The van der Waals surface area contributed by atoms with Crippen LogP contribution >= 0.6 is 11.6 Å². The molecule has 0 radical (unpaired) electrons. The fourth-order valence-electron chi connectivity index (χ4n) is 0.964. The van der Waals surface area contributed by atoms with Crippen molar-refractivity contribution < 1.29 is 8.42 Å². The standard InChI is InChI=1S/C9H14ClN3O2S/c1-7(2)13(3)16(14,15)12-8-4-5-11-9(10)6-8/h4-7H,1-3H3,(H,11,12). The zero-order valence-electron chi connectivity index (χ0n) is 9.31. The van der Waals surface area contributed by atoms with Crippen LogP contribution < -0.4 is 4.72 Å². The number of pyridine rings is 1. The summed E-state index contributed by atoms with van der Waals surface area (Å²) in [6.45, 7) is 3.58. The summed E-state index contributed by atoms with van der Waals surface area (Å²) in [5, 5.41) is 0.243. The van der Waals surface area contributed by atoms with Crippen molar-refractivity contribution in [3.8, 4) is 0 Å². The molecule has 0 unspecified atom stereocenters. The van der Waals surface area contributed by atoms with Crippen molar-refractivity contribution in [2.75, 3.05) is 11.8 Å². The van der Waals surface area contributed by atoms with Gasteiger partial charge in [0.15, 0.2) is 0 Å². The van der Waals surface area contributed by atoms with Crippen LogP contribution in [0.3, 0.4) is 0 Å². The fraction of sp³-hybridized carbons (Fsp3) is 0.444. The van der Waals surface area contributed by atoms with Crippen LogP contribution in [0.25, 0.3) is 0 Å². The Kier molecular flexibility index (Phi) is 4.12. The van der Waals surface area contributed by atoms with Crippen molar-refractivity contribution in [3.63, 3.8) is 0 Å². The van der Waals surface area contributed by atoms with Gasteiger partial charge < -0.3 is 0 Å². The minimum absolute atomic E-state index is 0.116. The summed E-state index contributed by atoms with van der Waals surface area (Å²) in [6.07, 6.45) is 1.44. The number of nitrogens with one attached hydrogen (secondary N) is 1. The maximum atomic E-state index is 11.8. The predicted octanol–water partition coefficient (Wildman–Crippen LogP) is 1.73. The number of aromatic nitrogens is 1. The monoisotopic (exact) mass is 263 g/mol. The van der Waals surface area contributed by atoms with E-state index in [9.17, 15) is 8.42 Å². The predicted molar refractivity (Wildman–Crippen MR) is 64.7 cm³/mol. The fourth-order valence-corrected chi connectivity index (χ4v) is 2.26. The first-order valence-electron chi connectivity index (χ1n) is 4.70. The third kappa shape index (κ3) is 3.33. The largest absolute Gasteiger partial charge is 0.301 e. The highest BCUT2D eigenvalue weighted by molar-refractivity contribution is 7.90. The number of halogens is 1. The molecule has 16 heavy (non-hydrogen) atoms. The van der Waals surface area contributed by atoms with Gasteiger partial charge in [-0.2, -0.15) is 12.7 Å². The Morgan fingerprint density at radius 3 is 2.62 bits per heavy atom. The van der Waals surface area contributed by atoms with E-state index in [4.69, 9.17) is 11.6 Å². The highest BCUT2D eigenvalue weighted by atomic mass is 35.5. The molecule has 0 spiro atoms. The van der Waals surface area contributed by atoms with Crippen LogP contribution in [0.2, 0.25) is 5.15 Å². The van der Waals surface area contributed by atoms with Gasteiger partial charge in [0.1, 0.15) is 5.15 Å². The molecule has 1 aromatic heterocycles. The molecule has 7 heteroatoms. The summed E-state index contributed by atoms with van der Waals surface area (Å²) in [5.41, 5.74) is 0.396. The van der Waals surface area contributed by atoms with Crippen molar-refractivity contribution >= 4 is 27.5 Å². The molecule has 1 N–H and O–H groups in total. The zero-order valence-corrected chi connectivity index (χ0v) is 10.9. The van der Waals surface area contributed by atoms with Gasteiger partial charge in [-0.25, -0.2) is 4.98 Å². The van der Waals surface area contributed by atoms with Crippen molar-refractivity contribution in [3.05, 3.63) is 23.5 Å². The van der Waals surface area contributed by atoms with E-state index in [0.717, 1.165) is 0 Å². The van der Waals surface area contributed by atoms with Crippen LogP contribution in [0.4, 0.5) is 5.69 Å². The Hall–Kier alpha value is -0.850. The quantitative estimate of drug-likeness (QED) is 0.842. The van der Waals surface area contributed by atoms with Crippen molar-refractivity contribution in [2.45, 2.75) is 19.9 Å². The lowest BCUT2D eigenvalue weighted by molar-refractivity contribution is 0.414. The maximum absolute atomic E-state index is 11.8. The molecular formula is C9H14ClN3O2S. The summed E-state index contributed by atoms with van der Waals surface area (Å²) in [4.78, 5) is 3.77. The molecule has 0 amide bonds. The molecule has 0 saturated heterocycles. The molecule has 0 aliphatic rings. The van der Waals surface area contributed by atoms with Gasteiger partial charge in [-0.1, -0.05) is 11.6 Å². The molecule has 1 heterocycles. The van der Waals surface area contributed by atoms with Crippen molar-refractivity contribution in [1.82, 2.24) is 9.29 Å². The molecule has 1 aromatic rings. The van der Waals surface area contributed by atoms with Gasteiger partial charge in [0.05, 0.1) is 5.69 Å². The van der Waals surface area contributed by atoms with Crippen LogP contribution in [0, 0.1) is 0 Å². The van der Waals surface area contributed by atoms with E-state index >= 15 is 0 Å². The Balaban J connectivity index is 2.89. The maximum Gasteiger partial charge on any atom is 0.301 e. The van der Waals surface area contributed by atoms with Crippen molar-refractivity contribution in [2.24, 2.45) is 0 Å². The normalized spacial score (nSPS) is 12.1. The van der Waals surface area contributed by atoms with E-state index < -0.39 is 10.2 Å². The lowest BCUT2D eigenvalue weighted by atomic mass is 10.4. The number of rotatable bonds is 4. The van der Waals surface area contributed by atoms with E-state index in [1.807, 2.05) is 0 Å². The Morgan fingerprint density at radius 1 is 1.50 bits per heavy atom. The Morgan fingerprint density at radius 2 is 2.12 bits per heavy atom. The van der Waals surface area contributed by atoms with E-state index in [1.165, 1.54) is 29.7 Å². The number of nitrogens with zero attached hydrogens (tertiary/aromatic N) is 2. The van der Waals surface area contributed by atoms with Crippen LogP contribution in [0.1, 0.15) is 13.8 Å². The SMILES string of the molecule is CC(C)N(C)S(=O)(=O)Nc1ccnc(Cl)c1. The van der Waals surface area contributed by atoms with E-state index in [2.05, 4.69) is 9.71 Å². The van der Waals surface area contributed by atoms with E-state index in [-0.39, 0.29) is 11.2 Å². The van der Waals surface area contributed by atoms with Crippen molar-refractivity contribution in [1.29, 1.82) is 0 Å². The molecule has 0 atom stereocenters. The molecule has 5 nitrogen and oxygen atoms in total. The van der Waals surface area contributed by atoms with Crippen LogP contribution in [-0.2, 0) is 10.2 Å². The lowest BCUT2D eigenvalue weighted by Gasteiger charge is -2.21. The van der Waals surface area contributed by atoms with E-state index in [1.54, 1.807) is 13.8 Å². The zero-order chi connectivity index (χ0) is 12.3. The first-order valence-corrected chi connectivity index (χ1v) is 6.52. The van der Waals surface area contributed by atoms with Crippen LogP contribution in [-0.4, -0.2) is 30.8 Å². The first kappa shape index (κ1) is 13.2. The Bertz CT molecular complexity index is 462. The van der Waals surface area contributed by atoms with Crippen LogP contribution in [0.15, 0.2) is 18.3 Å². The average Bonchev–Trinajstić information content (AvgIpc) is 2.15. The molecule has 0 fully saturated rings. The molecule has 0 aromatic carbocycles. The molecule has 1 rings (SSSR count). The number of hydrogen-bond acceptors (Lipinski definition) is 3. The third-order valence-corrected chi connectivity index (χ3v) is 3.96. The van der Waals surface area contributed by atoms with E-state index in [0.29, 0.717) is 5.69 Å². The molecule has 90 valence electrons. The minimum atomic E-state index is -3.53. The van der Waals surface area contributed by atoms with Gasteiger partial charge in [0, 0.05) is 19.3 Å². The second kappa shape index (κ2) is 4.99. The molecule has 0 bridgehead atoms. The smallest absolute Gasteiger partial charge is 0.271 e. The van der Waals surface area contributed by atoms with Gasteiger partial charge in [0.25, 0.3) is 0 Å². The summed E-state index contributed by atoms with van der Waals surface area (Å²) >= 11 is 5.66. The van der Waals surface area contributed by atoms with Gasteiger partial charge in [0.2, 0.25) is 0 Å². The van der Waals surface area contributed by atoms with Gasteiger partial charge in [-0.15, -0.1) is 0 Å². The van der Waals surface area contributed by atoms with Gasteiger partial charge in [-0.05, 0) is 26.0 Å². The summed E-state index contributed by atoms with van der Waals surface area (Å²) < 4.78 is 27.3. The highest BCUT2D eigenvalue weighted by Crippen LogP contribution is 2.15. The molecule has 0 aliphatic carbocycles. The second-order valence-electron chi connectivity index (χ2n) is 3.58. The third-order valence-electron chi connectivity index (χ3n) is 2.08. The lowest BCUT2D eigenvalue weighted by Crippen LogP contribution is -2.37. The molecule has 0 saturated carbocycles. The van der Waals surface area contributed by atoms with Gasteiger partial charge >= 0.3 is 10.2 Å². The van der Waals surface area contributed by atoms with Gasteiger partial charge in [-0.3, -0.25) is 4.72 Å². The number of anilines is 1. The summed E-state index contributed by atoms with van der Waals surface area (Å²) in [7, 11) is -2.02. The Labute approximate surface area is 101 Å². The van der Waals surface area contributed by atoms with Crippen LogP contribution in [0.5, 0.6) is 0 Å². The first-order chi connectivity index (χ1) is 7.33. The summed E-state index contributed by atoms with van der Waals surface area (Å²) in [6, 6.07) is 2.88. The second-order valence-corrected chi connectivity index (χ2v) is 5.70. The molecule has 0 aliphatic heterocycles. The molecular weight excluding hydrogens is 250 g/mol. The minimum Gasteiger partial charge on any atom is -0.271 e. The topological polar surface area (TPSA) is 62.3 Å². The highest BCUT2D eigenvalue weighted by Gasteiger charge is 2.20.